The molecule has 2 aliphatic rings. The fraction of sp³-hybridized carbons (Fsp3) is 0.579. The fourth-order valence-corrected chi connectivity index (χ4v) is 5.83. The SMILES string of the molecule is CN(C)C(=O)[C@@H]1CCCN1C(=O)c1cc(S(=O)(=O)C2CCCC2)ccc1F. The topological polar surface area (TPSA) is 74.8 Å². The number of likely N-dealkylation sites (tertiary alicyclic amines) is 1. The molecular weight excluding hydrogens is 371 g/mol. The smallest absolute Gasteiger partial charge is 0.257 e. The minimum absolute atomic E-state index is 0.0196. The molecular formula is C19H25FN2O4S. The molecule has 1 aromatic rings. The van der Waals surface area contributed by atoms with Crippen molar-refractivity contribution in [3.63, 3.8) is 0 Å². The van der Waals surface area contributed by atoms with Crippen LogP contribution in [0.3, 0.4) is 0 Å². The molecule has 8 heteroatoms. The first-order chi connectivity index (χ1) is 12.7. The van der Waals surface area contributed by atoms with Gasteiger partial charge in [0.2, 0.25) is 5.91 Å². The highest BCUT2D eigenvalue weighted by Gasteiger charge is 2.37. The molecule has 27 heavy (non-hydrogen) atoms. The first-order valence-electron chi connectivity index (χ1n) is 9.29. The van der Waals surface area contributed by atoms with Gasteiger partial charge in [-0.15, -0.1) is 0 Å². The molecule has 1 atom stereocenters. The van der Waals surface area contributed by atoms with E-state index in [0.29, 0.717) is 32.2 Å². The number of rotatable bonds is 4. The van der Waals surface area contributed by atoms with Gasteiger partial charge >= 0.3 is 0 Å². The number of halogens is 1. The summed E-state index contributed by atoms with van der Waals surface area (Å²) in [7, 11) is -0.371. The van der Waals surface area contributed by atoms with Crippen molar-refractivity contribution in [1.29, 1.82) is 0 Å². The lowest BCUT2D eigenvalue weighted by Gasteiger charge is -2.26. The lowest BCUT2D eigenvalue weighted by molar-refractivity contribution is -0.132. The number of carbonyl (C=O) groups is 2. The zero-order valence-corrected chi connectivity index (χ0v) is 16.5. The number of nitrogens with zero attached hydrogens (tertiary/aromatic N) is 2. The maximum Gasteiger partial charge on any atom is 0.257 e. The molecule has 0 bridgehead atoms. The third kappa shape index (κ3) is 3.72. The Morgan fingerprint density at radius 3 is 2.41 bits per heavy atom. The Balaban J connectivity index is 1.92. The van der Waals surface area contributed by atoms with Crippen LogP contribution in [0, 0.1) is 5.82 Å². The van der Waals surface area contributed by atoms with Crippen molar-refractivity contribution in [1.82, 2.24) is 9.80 Å². The van der Waals surface area contributed by atoms with Crippen LogP contribution in [0.25, 0.3) is 0 Å². The van der Waals surface area contributed by atoms with Gasteiger partial charge in [0.1, 0.15) is 11.9 Å². The van der Waals surface area contributed by atoms with Crippen molar-refractivity contribution in [2.75, 3.05) is 20.6 Å². The molecule has 0 N–H and O–H groups in total. The second-order valence-corrected chi connectivity index (χ2v) is 9.71. The summed E-state index contributed by atoms with van der Waals surface area (Å²) in [4.78, 5) is 28.0. The molecule has 1 aliphatic heterocycles. The lowest BCUT2D eigenvalue weighted by Crippen LogP contribution is -2.45. The van der Waals surface area contributed by atoms with E-state index in [2.05, 4.69) is 0 Å². The normalized spacial score (nSPS) is 20.9. The van der Waals surface area contributed by atoms with Crippen molar-refractivity contribution >= 4 is 21.7 Å². The third-order valence-electron chi connectivity index (χ3n) is 5.48. The van der Waals surface area contributed by atoms with Crippen LogP contribution in [0.2, 0.25) is 0 Å². The van der Waals surface area contributed by atoms with Crippen molar-refractivity contribution in [2.45, 2.75) is 54.7 Å². The van der Waals surface area contributed by atoms with E-state index in [1.807, 2.05) is 0 Å². The maximum atomic E-state index is 14.4. The molecule has 3 rings (SSSR count). The third-order valence-corrected chi connectivity index (χ3v) is 7.74. The predicted octanol–water partition coefficient (Wildman–Crippen LogP) is 2.23. The van der Waals surface area contributed by atoms with Gasteiger partial charge in [-0.25, -0.2) is 12.8 Å². The van der Waals surface area contributed by atoms with Crippen molar-refractivity contribution in [3.8, 4) is 0 Å². The number of hydrogen-bond acceptors (Lipinski definition) is 4. The number of amides is 2. The summed E-state index contributed by atoms with van der Waals surface area (Å²) in [5.74, 6) is -1.61. The van der Waals surface area contributed by atoms with Crippen LogP contribution < -0.4 is 0 Å². The highest BCUT2D eigenvalue weighted by atomic mass is 32.2. The van der Waals surface area contributed by atoms with E-state index in [4.69, 9.17) is 0 Å². The largest absolute Gasteiger partial charge is 0.347 e. The van der Waals surface area contributed by atoms with Crippen molar-refractivity contribution < 1.29 is 22.4 Å². The van der Waals surface area contributed by atoms with E-state index in [1.165, 1.54) is 15.9 Å². The molecule has 1 heterocycles. The fourth-order valence-electron chi connectivity index (χ4n) is 3.96. The monoisotopic (exact) mass is 396 g/mol. The highest BCUT2D eigenvalue weighted by molar-refractivity contribution is 7.92. The Bertz CT molecular complexity index is 847. The molecule has 0 unspecified atom stereocenters. The second-order valence-electron chi connectivity index (χ2n) is 7.48. The van der Waals surface area contributed by atoms with E-state index in [0.717, 1.165) is 25.0 Å². The average Bonchev–Trinajstić information content (AvgIpc) is 3.32. The van der Waals surface area contributed by atoms with Crippen LogP contribution in [0.5, 0.6) is 0 Å². The average molecular weight is 396 g/mol. The molecule has 2 amide bonds. The predicted molar refractivity (Wildman–Crippen MR) is 98.6 cm³/mol. The van der Waals surface area contributed by atoms with Gasteiger partial charge in [-0.1, -0.05) is 12.8 Å². The molecule has 1 saturated carbocycles. The second kappa shape index (κ2) is 7.58. The number of likely N-dealkylation sites (N-methyl/N-ethyl adjacent to an activating group) is 1. The summed E-state index contributed by atoms with van der Waals surface area (Å²) in [6, 6.07) is 2.77. The van der Waals surface area contributed by atoms with Gasteiger partial charge in [-0.3, -0.25) is 9.59 Å². The molecule has 6 nitrogen and oxygen atoms in total. The minimum atomic E-state index is -3.59. The zero-order valence-electron chi connectivity index (χ0n) is 15.7. The molecule has 1 aromatic carbocycles. The Labute approximate surface area is 159 Å². The van der Waals surface area contributed by atoms with Crippen LogP contribution in [0.4, 0.5) is 4.39 Å². The Kier molecular flexibility index (Phi) is 5.55. The molecule has 0 aromatic heterocycles. The Hall–Kier alpha value is -1.96. The Morgan fingerprint density at radius 2 is 1.78 bits per heavy atom. The number of carbonyl (C=O) groups excluding carboxylic acids is 2. The first-order valence-corrected chi connectivity index (χ1v) is 10.8. The van der Waals surface area contributed by atoms with Gasteiger partial charge < -0.3 is 9.80 Å². The quantitative estimate of drug-likeness (QED) is 0.732. The number of benzene rings is 1. The summed E-state index contributed by atoms with van der Waals surface area (Å²) in [5.41, 5.74) is -0.285. The van der Waals surface area contributed by atoms with Crippen molar-refractivity contribution in [2.24, 2.45) is 0 Å². The molecule has 0 radical (unpaired) electrons. The molecule has 1 aliphatic carbocycles. The van der Waals surface area contributed by atoms with Gasteiger partial charge in [0.15, 0.2) is 9.84 Å². The van der Waals surface area contributed by atoms with E-state index >= 15 is 0 Å². The molecule has 148 valence electrons. The first kappa shape index (κ1) is 19.8. The summed E-state index contributed by atoms with van der Waals surface area (Å²) in [6.07, 6.45) is 4.07. The number of hydrogen-bond donors (Lipinski definition) is 0. The molecule has 2 fully saturated rings. The van der Waals surface area contributed by atoms with Crippen LogP contribution in [0.15, 0.2) is 23.1 Å². The summed E-state index contributed by atoms with van der Waals surface area (Å²) >= 11 is 0. The van der Waals surface area contributed by atoms with Gasteiger partial charge in [0.05, 0.1) is 15.7 Å². The molecule has 1 saturated heterocycles. The van der Waals surface area contributed by atoms with Gasteiger partial charge in [0.25, 0.3) is 5.91 Å². The number of sulfone groups is 1. The van der Waals surface area contributed by atoms with Crippen LogP contribution >= 0.6 is 0 Å². The van der Waals surface area contributed by atoms with Crippen LogP contribution in [0.1, 0.15) is 48.9 Å². The van der Waals surface area contributed by atoms with Gasteiger partial charge in [-0.05, 0) is 43.9 Å². The zero-order chi connectivity index (χ0) is 19.8. The van der Waals surface area contributed by atoms with Gasteiger partial charge in [0, 0.05) is 20.6 Å². The van der Waals surface area contributed by atoms with E-state index in [9.17, 15) is 22.4 Å². The molecule has 0 spiro atoms. The lowest BCUT2D eigenvalue weighted by atomic mass is 10.1. The van der Waals surface area contributed by atoms with E-state index in [-0.39, 0.29) is 16.4 Å². The van der Waals surface area contributed by atoms with Crippen LogP contribution in [-0.4, -0.2) is 62.0 Å². The standard InChI is InChI=1S/C19H25FN2O4S/c1-21(2)19(24)17-8-5-11-22(17)18(23)15-12-14(9-10-16(15)20)27(25,26)13-6-3-4-7-13/h9-10,12-13,17H,3-8,11H2,1-2H3/t17-/m0/s1. The van der Waals surface area contributed by atoms with E-state index in [1.54, 1.807) is 14.1 Å². The van der Waals surface area contributed by atoms with Gasteiger partial charge in [-0.2, -0.15) is 0 Å². The van der Waals surface area contributed by atoms with E-state index < -0.39 is 32.9 Å². The summed E-state index contributed by atoms with van der Waals surface area (Å²) in [6.45, 7) is 0.349. The highest BCUT2D eigenvalue weighted by Crippen LogP contribution is 2.31. The van der Waals surface area contributed by atoms with Crippen LogP contribution in [-0.2, 0) is 14.6 Å². The summed E-state index contributed by atoms with van der Waals surface area (Å²) < 4.78 is 40.0. The summed E-state index contributed by atoms with van der Waals surface area (Å²) in [5, 5.41) is -0.472. The Morgan fingerprint density at radius 1 is 1.11 bits per heavy atom. The minimum Gasteiger partial charge on any atom is -0.347 e. The van der Waals surface area contributed by atoms with Crippen molar-refractivity contribution in [3.05, 3.63) is 29.6 Å². The maximum absolute atomic E-state index is 14.4.